The minimum Gasteiger partial charge on any atom is -0.493 e. The van der Waals surface area contributed by atoms with E-state index in [0.717, 1.165) is 0 Å². The minimum absolute atomic E-state index is 0.189. The van der Waals surface area contributed by atoms with Crippen LogP contribution in [0.25, 0.3) is 0 Å². The Morgan fingerprint density at radius 2 is 1.76 bits per heavy atom. The van der Waals surface area contributed by atoms with Crippen LogP contribution in [0.3, 0.4) is 0 Å². The first-order valence-electron chi connectivity index (χ1n) is 6.62. The molecule has 0 spiro atoms. The van der Waals surface area contributed by atoms with Crippen LogP contribution < -0.4 is 0 Å². The molecule has 2 rings (SSSR count). The van der Waals surface area contributed by atoms with Crippen molar-refractivity contribution in [3.05, 3.63) is 36.1 Å². The summed E-state index contributed by atoms with van der Waals surface area (Å²) in [5.41, 5.74) is 1.64. The van der Waals surface area contributed by atoms with Gasteiger partial charge in [0, 0.05) is 5.92 Å². The van der Waals surface area contributed by atoms with Crippen molar-refractivity contribution in [2.75, 3.05) is 0 Å². The molecule has 1 heteroatoms. The molecule has 0 amide bonds. The minimum atomic E-state index is 0.189. The normalized spacial score (nSPS) is 32.1. The molecule has 0 saturated carbocycles. The van der Waals surface area contributed by atoms with Crippen molar-refractivity contribution in [1.29, 1.82) is 0 Å². The maximum absolute atomic E-state index is 5.90. The van der Waals surface area contributed by atoms with Crippen molar-refractivity contribution in [3.63, 3.8) is 0 Å². The quantitative estimate of drug-likeness (QED) is 0.654. The lowest BCUT2D eigenvalue weighted by Gasteiger charge is -2.43. The van der Waals surface area contributed by atoms with Gasteiger partial charge in [0.25, 0.3) is 0 Å². The maximum atomic E-state index is 5.90. The van der Waals surface area contributed by atoms with Crippen LogP contribution in [0.5, 0.6) is 0 Å². The number of rotatable bonds is 1. The summed E-state index contributed by atoms with van der Waals surface area (Å²) in [5, 5.41) is 0. The van der Waals surface area contributed by atoms with Gasteiger partial charge in [0.2, 0.25) is 0 Å². The predicted molar refractivity (Wildman–Crippen MR) is 72.5 cm³/mol. The molecule has 0 bridgehead atoms. The summed E-state index contributed by atoms with van der Waals surface area (Å²) in [6, 6.07) is 0. The lowest BCUT2D eigenvalue weighted by Crippen LogP contribution is -2.38. The molecule has 0 fully saturated rings. The summed E-state index contributed by atoms with van der Waals surface area (Å²) >= 11 is 0. The zero-order valence-electron chi connectivity index (χ0n) is 11.6. The third-order valence-corrected chi connectivity index (χ3v) is 3.83. The summed E-state index contributed by atoms with van der Waals surface area (Å²) in [6.07, 6.45) is 11.0. The summed E-state index contributed by atoms with van der Waals surface area (Å²) in [7, 11) is 0. The molecule has 0 aromatic heterocycles. The summed E-state index contributed by atoms with van der Waals surface area (Å²) in [6.45, 7) is 11.5. The van der Waals surface area contributed by atoms with Crippen LogP contribution in [0.4, 0.5) is 0 Å². The zero-order chi connectivity index (χ0) is 12.6. The lowest BCUT2D eigenvalue weighted by molar-refractivity contribution is 0.0697. The Labute approximate surface area is 105 Å². The van der Waals surface area contributed by atoms with Crippen molar-refractivity contribution in [2.45, 2.75) is 40.7 Å². The summed E-state index contributed by atoms with van der Waals surface area (Å²) in [5.74, 6) is 1.74. The van der Waals surface area contributed by atoms with Crippen molar-refractivity contribution in [2.24, 2.45) is 23.2 Å². The molecule has 2 aliphatic rings. The van der Waals surface area contributed by atoms with Crippen LogP contribution in [0, 0.1) is 23.2 Å². The highest BCUT2D eigenvalue weighted by molar-refractivity contribution is 5.26. The molecule has 3 atom stereocenters. The Balaban J connectivity index is 2.37. The number of fused-ring (bicyclic) bond motifs is 1. The molecular weight excluding hydrogens is 208 g/mol. The average Bonchev–Trinajstić information content (AvgIpc) is 2.26. The lowest BCUT2D eigenvalue weighted by atomic mass is 9.66. The summed E-state index contributed by atoms with van der Waals surface area (Å²) < 4.78 is 5.90. The first kappa shape index (κ1) is 12.5. The van der Waals surface area contributed by atoms with Crippen LogP contribution in [0.1, 0.15) is 34.6 Å². The third kappa shape index (κ3) is 2.34. The Hall–Kier alpha value is -0.980. The Kier molecular flexibility index (Phi) is 3.20. The molecule has 1 aliphatic heterocycles. The van der Waals surface area contributed by atoms with Gasteiger partial charge in [-0.3, -0.25) is 0 Å². The predicted octanol–water partition coefficient (Wildman–Crippen LogP) is 4.33. The highest BCUT2D eigenvalue weighted by atomic mass is 16.5. The second kappa shape index (κ2) is 4.36. The van der Waals surface area contributed by atoms with Gasteiger partial charge < -0.3 is 4.74 Å². The molecule has 1 nitrogen and oxygen atoms in total. The molecule has 1 aliphatic carbocycles. The second-order valence-corrected chi connectivity index (χ2v) is 6.54. The highest BCUT2D eigenvalue weighted by Crippen LogP contribution is 2.45. The molecule has 17 heavy (non-hydrogen) atoms. The Morgan fingerprint density at radius 1 is 1.12 bits per heavy atom. The third-order valence-electron chi connectivity index (χ3n) is 3.83. The molecule has 1 heterocycles. The van der Waals surface area contributed by atoms with Gasteiger partial charge in [0.05, 0.1) is 6.26 Å². The first-order chi connectivity index (χ1) is 7.91. The number of ether oxygens (including phenoxy) is 1. The van der Waals surface area contributed by atoms with Gasteiger partial charge >= 0.3 is 0 Å². The van der Waals surface area contributed by atoms with Crippen LogP contribution in [0.2, 0.25) is 0 Å². The van der Waals surface area contributed by atoms with E-state index in [-0.39, 0.29) is 11.5 Å². The van der Waals surface area contributed by atoms with Crippen molar-refractivity contribution >= 4 is 0 Å². The van der Waals surface area contributed by atoms with E-state index in [1.807, 2.05) is 6.26 Å². The average molecular weight is 232 g/mol. The van der Waals surface area contributed by atoms with E-state index < -0.39 is 0 Å². The highest BCUT2D eigenvalue weighted by Gasteiger charge is 2.40. The molecular formula is C16H24O. The van der Waals surface area contributed by atoms with Gasteiger partial charge in [0.15, 0.2) is 0 Å². The molecule has 0 radical (unpaired) electrons. The van der Waals surface area contributed by atoms with Gasteiger partial charge in [0.1, 0.15) is 6.10 Å². The van der Waals surface area contributed by atoms with Crippen LogP contribution in [0.15, 0.2) is 36.1 Å². The molecule has 3 unspecified atom stereocenters. The van der Waals surface area contributed by atoms with E-state index in [9.17, 15) is 0 Å². The Bertz CT molecular complexity index is 365. The van der Waals surface area contributed by atoms with E-state index >= 15 is 0 Å². The molecule has 0 aromatic rings. The molecule has 94 valence electrons. The number of hydrogen-bond acceptors (Lipinski definition) is 1. The zero-order valence-corrected chi connectivity index (χ0v) is 11.6. The van der Waals surface area contributed by atoms with Crippen molar-refractivity contribution in [3.8, 4) is 0 Å². The molecule has 0 saturated heterocycles. The largest absolute Gasteiger partial charge is 0.493 e. The van der Waals surface area contributed by atoms with E-state index in [1.165, 1.54) is 5.57 Å². The van der Waals surface area contributed by atoms with Crippen LogP contribution in [-0.4, -0.2) is 6.10 Å². The topological polar surface area (TPSA) is 9.23 Å². The monoisotopic (exact) mass is 232 g/mol. The van der Waals surface area contributed by atoms with Gasteiger partial charge in [-0.25, -0.2) is 0 Å². The van der Waals surface area contributed by atoms with Crippen molar-refractivity contribution in [1.82, 2.24) is 0 Å². The molecule has 0 N–H and O–H groups in total. The fourth-order valence-electron chi connectivity index (χ4n) is 2.98. The van der Waals surface area contributed by atoms with Crippen LogP contribution in [-0.2, 0) is 4.74 Å². The van der Waals surface area contributed by atoms with Crippen LogP contribution >= 0.6 is 0 Å². The van der Waals surface area contributed by atoms with Gasteiger partial charge in [-0.2, -0.15) is 0 Å². The Morgan fingerprint density at radius 3 is 2.35 bits per heavy atom. The van der Waals surface area contributed by atoms with Gasteiger partial charge in [-0.1, -0.05) is 52.8 Å². The van der Waals surface area contributed by atoms with E-state index in [1.54, 1.807) is 0 Å². The van der Waals surface area contributed by atoms with Gasteiger partial charge in [-0.05, 0) is 28.9 Å². The number of hydrogen-bond donors (Lipinski definition) is 0. The fourth-order valence-corrected chi connectivity index (χ4v) is 2.98. The van der Waals surface area contributed by atoms with Crippen molar-refractivity contribution < 1.29 is 4.74 Å². The smallest absolute Gasteiger partial charge is 0.123 e. The van der Waals surface area contributed by atoms with E-state index in [0.29, 0.717) is 17.8 Å². The molecule has 0 aromatic carbocycles. The second-order valence-electron chi connectivity index (χ2n) is 6.54. The SMILES string of the molecule is CC(C)C1C(C(C)(C)C)=COC2C=CC=CC21. The summed E-state index contributed by atoms with van der Waals surface area (Å²) in [4.78, 5) is 0. The van der Waals surface area contributed by atoms with E-state index in [2.05, 4.69) is 58.9 Å². The maximum Gasteiger partial charge on any atom is 0.123 e. The van der Waals surface area contributed by atoms with Gasteiger partial charge in [-0.15, -0.1) is 0 Å². The standard InChI is InChI=1S/C16H24O/c1-11(2)15-12-8-6-7-9-14(12)17-10-13(15)16(3,4)5/h6-12,14-15H,1-5H3. The first-order valence-corrected chi connectivity index (χ1v) is 6.62. The van der Waals surface area contributed by atoms with E-state index in [4.69, 9.17) is 4.74 Å². The number of allylic oxidation sites excluding steroid dienone is 3. The fraction of sp³-hybridized carbons (Fsp3) is 0.625.